The summed E-state index contributed by atoms with van der Waals surface area (Å²) in [6, 6.07) is -1.68. The van der Waals surface area contributed by atoms with Crippen molar-refractivity contribution < 1.29 is 63.2 Å². The summed E-state index contributed by atoms with van der Waals surface area (Å²) in [4.78, 5) is 134. The summed E-state index contributed by atoms with van der Waals surface area (Å²) in [5.74, 6) is -7.72. The van der Waals surface area contributed by atoms with Crippen molar-refractivity contribution >= 4 is 104 Å². The summed E-state index contributed by atoms with van der Waals surface area (Å²) in [6.07, 6.45) is 1.37. The van der Waals surface area contributed by atoms with Crippen LogP contribution in [0.2, 0.25) is 0 Å². The number of carbonyl (C=O) groups is 9. The Morgan fingerprint density at radius 2 is 1.55 bits per heavy atom. The van der Waals surface area contributed by atoms with E-state index in [0.717, 1.165) is 32.2 Å². The highest BCUT2D eigenvalue weighted by Crippen LogP contribution is 2.38. The van der Waals surface area contributed by atoms with Gasteiger partial charge in [0, 0.05) is 35.6 Å². The molecule has 3 aromatic rings. The van der Waals surface area contributed by atoms with Crippen molar-refractivity contribution in [3.05, 3.63) is 44.0 Å². The van der Waals surface area contributed by atoms with E-state index in [0.29, 0.717) is 43.0 Å². The zero-order chi connectivity index (χ0) is 49.8. The van der Waals surface area contributed by atoms with Gasteiger partial charge in [0.15, 0.2) is 0 Å². The van der Waals surface area contributed by atoms with Crippen LogP contribution in [-0.2, 0) is 55.9 Å². The number of anilines is 1. The lowest BCUT2D eigenvalue weighted by atomic mass is 10.0. The molecule has 0 aliphatic heterocycles. The largest absolute Gasteiger partial charge is 0.481 e. The molecule has 0 saturated carbocycles. The first kappa shape index (κ1) is 55.3. The van der Waals surface area contributed by atoms with E-state index in [1.807, 2.05) is 0 Å². The number of nitrogen functional groups attached to an aromatic ring is 1. The highest BCUT2D eigenvalue weighted by Gasteiger charge is 2.39. The lowest BCUT2D eigenvalue weighted by molar-refractivity contribution is -0.144. The minimum atomic E-state index is -1.50. The Kier molecular flexibility index (Phi) is 22.3. The summed E-state index contributed by atoms with van der Waals surface area (Å²) in [5.41, 5.74) is 12.2. The molecule has 0 bridgehead atoms. The molecule has 0 aromatic carbocycles. The fourth-order valence-electron chi connectivity index (χ4n) is 6.37. The van der Waals surface area contributed by atoms with Crippen LogP contribution in [0.15, 0.2) is 23.0 Å². The van der Waals surface area contributed by atoms with Crippen molar-refractivity contribution in [2.45, 2.75) is 126 Å². The second-order valence-electron chi connectivity index (χ2n) is 15.7. The summed E-state index contributed by atoms with van der Waals surface area (Å²) in [7, 11) is 2.21. The maximum atomic E-state index is 13.4. The predicted molar refractivity (Wildman–Crippen MR) is 249 cm³/mol. The number of esters is 1. The van der Waals surface area contributed by atoms with Crippen molar-refractivity contribution in [2.75, 3.05) is 18.1 Å². The van der Waals surface area contributed by atoms with Crippen LogP contribution in [0.25, 0.3) is 11.0 Å². The number of hydrogen-bond donors (Lipinski definition) is 11. The van der Waals surface area contributed by atoms with Gasteiger partial charge in [0.2, 0.25) is 23.7 Å². The second kappa shape index (κ2) is 27.0. The van der Waals surface area contributed by atoms with Crippen molar-refractivity contribution in [1.29, 1.82) is 0 Å². The van der Waals surface area contributed by atoms with E-state index in [1.54, 1.807) is 39.0 Å². The molecule has 67 heavy (non-hydrogen) atoms. The molecule has 0 saturated heterocycles. The predicted octanol–water partition coefficient (Wildman–Crippen LogP) is 1.25. The molecule has 0 spiro atoms. The van der Waals surface area contributed by atoms with Crippen LogP contribution < -0.4 is 38.3 Å². The number of ether oxygens (including phenoxy) is 1. The maximum Gasteiger partial charge on any atom is 0.327 e. The fraction of sp³-hybridized carbons (Fsp3) is 0.537. The van der Waals surface area contributed by atoms with Gasteiger partial charge in [-0.2, -0.15) is 4.98 Å². The van der Waals surface area contributed by atoms with Crippen LogP contribution in [0.5, 0.6) is 0 Å². The smallest absolute Gasteiger partial charge is 0.327 e. The Bertz CT molecular complexity index is 2300. The zero-order valence-corrected chi connectivity index (χ0v) is 39.5. The monoisotopic (exact) mass is 995 g/mol. The third-order valence-electron chi connectivity index (χ3n) is 9.92. The lowest BCUT2D eigenvalue weighted by Gasteiger charge is -2.32. The van der Waals surface area contributed by atoms with Gasteiger partial charge >= 0.3 is 23.9 Å². The van der Waals surface area contributed by atoms with Gasteiger partial charge in [-0.25, -0.2) is 9.59 Å². The molecule has 26 heteroatoms. The number of carboxylic acid groups (broad SMARTS) is 3. The first-order chi connectivity index (χ1) is 31.6. The van der Waals surface area contributed by atoms with Crippen molar-refractivity contribution in [1.82, 2.24) is 36.2 Å². The van der Waals surface area contributed by atoms with Gasteiger partial charge in [0.05, 0.1) is 21.1 Å². The number of aldehydes is 1. The number of nitrogens with two attached hydrogens (primary N) is 2. The molecule has 4 amide bonds. The average Bonchev–Trinajstić information content (AvgIpc) is 3.91. The molecule has 3 rings (SSSR count). The minimum Gasteiger partial charge on any atom is -0.481 e. The van der Waals surface area contributed by atoms with Crippen LogP contribution in [-0.4, -0.2) is 131 Å². The Morgan fingerprint density at radius 1 is 0.881 bits per heavy atom. The van der Waals surface area contributed by atoms with Gasteiger partial charge < -0.3 is 62.6 Å². The number of nitrogens with one attached hydrogen (secondary N) is 6. The summed E-state index contributed by atoms with van der Waals surface area (Å²) in [5, 5.41) is 39.2. The second-order valence-corrected chi connectivity index (χ2v) is 20.0. The SMILES string of the molecule is CCCC(NC(=O)C(CCC(=O)O)NC(=O)C(N)CCC=O)C(=O)NC(C(=O)O)C(C)(C)SSCCOC(=O)CCC(NC(=O)c1ccc(CCCc2cc3c(=O)[nH]c(N)nc3[nH]2)s1)C(=O)O. The summed E-state index contributed by atoms with van der Waals surface area (Å²) < 4.78 is 4.06. The van der Waals surface area contributed by atoms with E-state index in [-0.39, 0.29) is 67.3 Å². The molecule has 5 atom stereocenters. The number of fused-ring (bicyclic) bond motifs is 1. The minimum absolute atomic E-state index is 0.00444. The van der Waals surface area contributed by atoms with Crippen LogP contribution >= 0.6 is 32.9 Å². The zero-order valence-electron chi connectivity index (χ0n) is 37.0. The first-order valence-electron chi connectivity index (χ1n) is 21.2. The average molecular weight is 996 g/mol. The number of thiophene rings is 1. The van der Waals surface area contributed by atoms with E-state index in [4.69, 9.17) is 16.2 Å². The molecular formula is C41H57N9O14S3. The fourth-order valence-corrected chi connectivity index (χ4v) is 9.77. The molecule has 3 heterocycles. The van der Waals surface area contributed by atoms with E-state index < -0.39 is 88.9 Å². The molecule has 13 N–H and O–H groups in total. The van der Waals surface area contributed by atoms with Crippen LogP contribution in [0.3, 0.4) is 0 Å². The normalized spacial score (nSPS) is 13.6. The number of amides is 4. The van der Waals surface area contributed by atoms with Crippen LogP contribution in [0.1, 0.15) is 98.8 Å². The Balaban J connectivity index is 1.45. The number of aliphatic carboxylic acids is 3. The quantitative estimate of drug-likeness (QED) is 0.0187. The number of aromatic amines is 2. The molecule has 0 aliphatic rings. The number of carboxylic acids is 3. The molecule has 0 radical (unpaired) electrons. The molecule has 5 unspecified atom stereocenters. The summed E-state index contributed by atoms with van der Waals surface area (Å²) in [6.45, 7) is 4.69. The van der Waals surface area contributed by atoms with Gasteiger partial charge in [-0.1, -0.05) is 34.9 Å². The topological polar surface area (TPSA) is 385 Å². The highest BCUT2D eigenvalue weighted by molar-refractivity contribution is 8.77. The number of rotatable bonds is 31. The van der Waals surface area contributed by atoms with Crippen molar-refractivity contribution in [2.24, 2.45) is 5.73 Å². The third kappa shape index (κ3) is 18.3. The Labute approximate surface area is 395 Å². The summed E-state index contributed by atoms with van der Waals surface area (Å²) >= 11 is 1.20. The van der Waals surface area contributed by atoms with Gasteiger partial charge in [-0.3, -0.25) is 38.5 Å². The standard InChI is InChI=1S/C41H57N9O14S3/c1-4-7-25(46-35(57)26(12-15-29(52)53)45-34(56)24(42)10-6-17-51)36(58)48-31(39(62)63)41(2,3)67-65-19-18-64-30(54)16-13-27(38(60)61)47-37(59)28-14-11-22(66-28)9-5-8-21-20-23-32(44-21)49-40(43)50-33(23)55/h11,14,17,20,24-27,31H,4-10,12-13,15-16,18-19,42H2,1-3H3,(H,45,56)(H,46,57)(H,47,59)(H,48,58)(H,52,53)(H,60,61)(H,62,63)(H4,43,44,49,50,55). The van der Waals surface area contributed by atoms with Gasteiger partial charge in [-0.15, -0.1) is 11.3 Å². The van der Waals surface area contributed by atoms with Crippen LogP contribution in [0, 0.1) is 0 Å². The number of nitrogens with zero attached hydrogens (tertiary/aromatic N) is 1. The lowest BCUT2D eigenvalue weighted by Crippen LogP contribution is -2.59. The number of aryl methyl sites for hydroxylation is 2. The van der Waals surface area contributed by atoms with Crippen molar-refractivity contribution in [3.8, 4) is 0 Å². The van der Waals surface area contributed by atoms with Crippen molar-refractivity contribution in [3.63, 3.8) is 0 Å². The number of H-pyrrole nitrogens is 2. The molecule has 3 aromatic heterocycles. The highest BCUT2D eigenvalue weighted by atomic mass is 33.1. The van der Waals surface area contributed by atoms with E-state index in [1.165, 1.54) is 11.3 Å². The van der Waals surface area contributed by atoms with Crippen LogP contribution in [0.4, 0.5) is 5.95 Å². The van der Waals surface area contributed by atoms with E-state index >= 15 is 0 Å². The Morgan fingerprint density at radius 3 is 2.21 bits per heavy atom. The van der Waals surface area contributed by atoms with Gasteiger partial charge in [-0.05, 0) is 77.0 Å². The molecule has 23 nitrogen and oxygen atoms in total. The number of aromatic nitrogens is 3. The van der Waals surface area contributed by atoms with Gasteiger partial charge in [0.1, 0.15) is 42.7 Å². The van der Waals surface area contributed by atoms with E-state index in [9.17, 15) is 63.3 Å². The number of carbonyl (C=O) groups excluding carboxylic acids is 6. The molecule has 0 fully saturated rings. The molecule has 0 aliphatic carbocycles. The number of hydrogen-bond acceptors (Lipinski definition) is 17. The molecular weight excluding hydrogens is 939 g/mol. The third-order valence-corrected chi connectivity index (χ3v) is 14.3. The van der Waals surface area contributed by atoms with E-state index in [2.05, 4.69) is 36.2 Å². The first-order valence-corrected chi connectivity index (χ1v) is 24.3. The van der Waals surface area contributed by atoms with Gasteiger partial charge in [0.25, 0.3) is 11.5 Å². The molecule has 368 valence electrons. The maximum absolute atomic E-state index is 13.4. The Hall–Kier alpha value is -5.99.